The molecule has 0 spiro atoms. The van der Waals surface area contributed by atoms with Crippen LogP contribution in [-0.4, -0.2) is 21.3 Å². The lowest BCUT2D eigenvalue weighted by Gasteiger charge is -2.36. The summed E-state index contributed by atoms with van der Waals surface area (Å²) in [6, 6.07) is 19.8. The van der Waals surface area contributed by atoms with Crippen molar-refractivity contribution < 1.29 is 8.95 Å². The van der Waals surface area contributed by atoms with E-state index in [0.29, 0.717) is 23.5 Å². The third kappa shape index (κ3) is 3.87. The highest BCUT2D eigenvalue weighted by atomic mass is 32.2. The van der Waals surface area contributed by atoms with Crippen LogP contribution in [0.2, 0.25) is 0 Å². The predicted molar refractivity (Wildman–Crippen MR) is 102 cm³/mol. The molecule has 0 unspecified atom stereocenters. The molecule has 0 N–H and O–H groups in total. The number of ether oxygens (including phenoxy) is 1. The van der Waals surface area contributed by atoms with E-state index in [9.17, 15) is 9.47 Å². The summed E-state index contributed by atoms with van der Waals surface area (Å²) in [5.41, 5.74) is 2.79. The van der Waals surface area contributed by atoms with Crippen molar-refractivity contribution in [1.29, 1.82) is 5.26 Å². The summed E-state index contributed by atoms with van der Waals surface area (Å²) in [6.45, 7) is 4.44. The van der Waals surface area contributed by atoms with Crippen LogP contribution < -0.4 is 0 Å². The molecule has 1 aliphatic rings. The minimum Gasteiger partial charge on any atom is -0.358 e. The van der Waals surface area contributed by atoms with Crippen LogP contribution in [0.3, 0.4) is 0 Å². The zero-order chi connectivity index (χ0) is 18.5. The Labute approximate surface area is 157 Å². The molecule has 1 heterocycles. The standard InChI is InChI=1S/C21H22N2O2S/c1-3-25-21-13-20(17-7-5-4-6-8-17)18(14-22)15-23(21)26(24)19-11-9-16(2)10-12-19/h4-12,15,20-21H,3,13H2,1-2H3/t20-,21-,26+/m1/s1. The van der Waals surface area contributed by atoms with Gasteiger partial charge in [0.25, 0.3) is 0 Å². The van der Waals surface area contributed by atoms with Gasteiger partial charge in [-0.25, -0.2) is 4.21 Å². The lowest BCUT2D eigenvalue weighted by Crippen LogP contribution is -2.39. The molecule has 5 heteroatoms. The molecule has 2 aromatic carbocycles. The Morgan fingerprint density at radius 1 is 1.19 bits per heavy atom. The van der Waals surface area contributed by atoms with E-state index in [1.807, 2.05) is 68.4 Å². The molecule has 0 bridgehead atoms. The van der Waals surface area contributed by atoms with Gasteiger partial charge < -0.3 is 4.74 Å². The Morgan fingerprint density at radius 3 is 2.50 bits per heavy atom. The Morgan fingerprint density at radius 2 is 1.88 bits per heavy atom. The van der Waals surface area contributed by atoms with Gasteiger partial charge in [-0.05, 0) is 31.5 Å². The minimum atomic E-state index is -1.42. The molecule has 0 saturated heterocycles. The normalized spacial score (nSPS) is 21.0. The van der Waals surface area contributed by atoms with Crippen LogP contribution >= 0.6 is 0 Å². The van der Waals surface area contributed by atoms with Crippen LogP contribution in [-0.2, 0) is 15.7 Å². The van der Waals surface area contributed by atoms with Crippen molar-refractivity contribution in [2.24, 2.45) is 0 Å². The first-order valence-corrected chi connectivity index (χ1v) is 9.80. The van der Waals surface area contributed by atoms with E-state index in [2.05, 4.69) is 6.07 Å². The molecule has 0 saturated carbocycles. The SMILES string of the molecule is CCO[C@@H]1C[C@H](c2ccccc2)C(C#N)=CN1[S@@](=O)c1ccc(C)cc1. The van der Waals surface area contributed by atoms with Crippen molar-refractivity contribution in [2.75, 3.05) is 6.61 Å². The van der Waals surface area contributed by atoms with Gasteiger partial charge in [0, 0.05) is 25.1 Å². The summed E-state index contributed by atoms with van der Waals surface area (Å²) in [7, 11) is -1.42. The van der Waals surface area contributed by atoms with Crippen molar-refractivity contribution >= 4 is 11.0 Å². The number of nitriles is 1. The maximum absolute atomic E-state index is 13.1. The van der Waals surface area contributed by atoms with Gasteiger partial charge in [-0.1, -0.05) is 48.0 Å². The molecule has 0 fully saturated rings. The zero-order valence-corrected chi connectivity index (χ0v) is 15.8. The Hall–Kier alpha value is -2.42. The summed E-state index contributed by atoms with van der Waals surface area (Å²) in [5, 5.41) is 9.66. The molecule has 3 rings (SSSR count). The molecule has 134 valence electrons. The number of benzene rings is 2. The molecule has 0 amide bonds. The van der Waals surface area contributed by atoms with E-state index in [1.54, 1.807) is 10.5 Å². The molecule has 0 radical (unpaired) electrons. The third-order valence-electron chi connectivity index (χ3n) is 4.47. The van der Waals surface area contributed by atoms with E-state index < -0.39 is 11.0 Å². The average molecular weight is 366 g/mol. The van der Waals surface area contributed by atoms with Crippen molar-refractivity contribution in [3.8, 4) is 6.07 Å². The number of allylic oxidation sites excluding steroid dienone is 1. The van der Waals surface area contributed by atoms with E-state index in [1.165, 1.54) is 0 Å². The number of aryl methyl sites for hydroxylation is 1. The van der Waals surface area contributed by atoms with Gasteiger partial charge in [0.1, 0.15) is 6.23 Å². The highest BCUT2D eigenvalue weighted by molar-refractivity contribution is 7.82. The highest BCUT2D eigenvalue weighted by Crippen LogP contribution is 2.36. The molecule has 4 nitrogen and oxygen atoms in total. The quantitative estimate of drug-likeness (QED) is 0.794. The van der Waals surface area contributed by atoms with Crippen LogP contribution in [0.15, 0.2) is 71.3 Å². The molecule has 2 aromatic rings. The van der Waals surface area contributed by atoms with E-state index in [4.69, 9.17) is 4.74 Å². The second kappa shape index (κ2) is 8.31. The van der Waals surface area contributed by atoms with Gasteiger partial charge in [-0.15, -0.1) is 0 Å². The molecule has 0 aliphatic carbocycles. The summed E-state index contributed by atoms with van der Waals surface area (Å²) in [5.74, 6) is -0.0518. The zero-order valence-electron chi connectivity index (χ0n) is 15.0. The minimum absolute atomic E-state index is 0.0518. The van der Waals surface area contributed by atoms with E-state index >= 15 is 0 Å². The molecular formula is C21H22N2O2S. The van der Waals surface area contributed by atoms with Crippen LogP contribution in [0, 0.1) is 18.3 Å². The Kier molecular flexibility index (Phi) is 5.87. The third-order valence-corrected chi connectivity index (χ3v) is 5.87. The number of nitrogens with zero attached hydrogens (tertiary/aromatic N) is 2. The van der Waals surface area contributed by atoms with Gasteiger partial charge in [0.2, 0.25) is 0 Å². The fraction of sp³-hybridized carbons (Fsp3) is 0.286. The number of hydrogen-bond acceptors (Lipinski definition) is 3. The average Bonchev–Trinajstić information content (AvgIpc) is 2.68. The second-order valence-electron chi connectivity index (χ2n) is 6.23. The summed E-state index contributed by atoms with van der Waals surface area (Å²) >= 11 is 0. The summed E-state index contributed by atoms with van der Waals surface area (Å²) < 4.78 is 20.7. The van der Waals surface area contributed by atoms with Crippen molar-refractivity contribution in [2.45, 2.75) is 37.3 Å². The van der Waals surface area contributed by atoms with Gasteiger partial charge >= 0.3 is 0 Å². The van der Waals surface area contributed by atoms with Crippen molar-refractivity contribution in [1.82, 2.24) is 4.31 Å². The molecule has 3 atom stereocenters. The van der Waals surface area contributed by atoms with Crippen LogP contribution in [0.25, 0.3) is 0 Å². The topological polar surface area (TPSA) is 53.3 Å². The summed E-state index contributed by atoms with van der Waals surface area (Å²) in [4.78, 5) is 0.701. The van der Waals surface area contributed by atoms with Gasteiger partial charge in [-0.2, -0.15) is 5.26 Å². The van der Waals surface area contributed by atoms with E-state index in [-0.39, 0.29) is 12.1 Å². The molecule has 26 heavy (non-hydrogen) atoms. The lowest BCUT2D eigenvalue weighted by molar-refractivity contribution is -0.00675. The van der Waals surface area contributed by atoms with Crippen molar-refractivity contribution in [3.05, 3.63) is 77.5 Å². The highest BCUT2D eigenvalue weighted by Gasteiger charge is 2.33. The number of hydrogen-bond donors (Lipinski definition) is 0. The molecule has 0 aromatic heterocycles. The smallest absolute Gasteiger partial charge is 0.154 e. The van der Waals surface area contributed by atoms with Crippen LogP contribution in [0.5, 0.6) is 0 Å². The maximum Gasteiger partial charge on any atom is 0.154 e. The second-order valence-corrected chi connectivity index (χ2v) is 7.62. The Bertz CT molecular complexity index is 841. The van der Waals surface area contributed by atoms with Crippen molar-refractivity contribution in [3.63, 3.8) is 0 Å². The number of rotatable bonds is 5. The first-order valence-electron chi connectivity index (χ1n) is 8.69. The predicted octanol–water partition coefficient (Wildman–Crippen LogP) is 4.28. The van der Waals surface area contributed by atoms with Crippen LogP contribution in [0.4, 0.5) is 0 Å². The molecule has 1 aliphatic heterocycles. The fourth-order valence-corrected chi connectivity index (χ4v) is 4.30. The first-order chi connectivity index (χ1) is 12.6. The van der Waals surface area contributed by atoms with E-state index in [0.717, 1.165) is 11.1 Å². The fourth-order valence-electron chi connectivity index (χ4n) is 3.12. The van der Waals surface area contributed by atoms with Gasteiger partial charge in [-0.3, -0.25) is 4.31 Å². The van der Waals surface area contributed by atoms with Gasteiger partial charge in [0.15, 0.2) is 11.0 Å². The Balaban J connectivity index is 1.97. The molecular weight excluding hydrogens is 344 g/mol. The maximum atomic E-state index is 13.1. The van der Waals surface area contributed by atoms with Gasteiger partial charge in [0.05, 0.1) is 16.5 Å². The first kappa shape index (κ1) is 18.4. The summed E-state index contributed by atoms with van der Waals surface area (Å²) in [6.07, 6.45) is 1.95. The monoisotopic (exact) mass is 366 g/mol. The van der Waals surface area contributed by atoms with Crippen LogP contribution in [0.1, 0.15) is 30.4 Å². The lowest BCUT2D eigenvalue weighted by atomic mass is 9.87. The largest absolute Gasteiger partial charge is 0.358 e.